The van der Waals surface area contributed by atoms with Crippen LogP contribution in [0.4, 0.5) is 0 Å². The lowest BCUT2D eigenvalue weighted by molar-refractivity contribution is -0.127. The molecule has 0 saturated carbocycles. The van der Waals surface area contributed by atoms with Crippen molar-refractivity contribution in [2.45, 2.75) is 19.9 Å². The van der Waals surface area contributed by atoms with Gasteiger partial charge in [-0.15, -0.1) is 0 Å². The number of hydrogen-bond donors (Lipinski definition) is 3. The summed E-state index contributed by atoms with van der Waals surface area (Å²) in [7, 11) is 1.73. The predicted molar refractivity (Wildman–Crippen MR) is 52.8 cm³/mol. The van der Waals surface area contributed by atoms with E-state index in [0.717, 1.165) is 0 Å². The zero-order valence-corrected chi connectivity index (χ0v) is 8.78. The first-order valence-electron chi connectivity index (χ1n) is 4.39. The Morgan fingerprint density at radius 2 is 1.93 bits per heavy atom. The molecule has 0 aromatic carbocycles. The summed E-state index contributed by atoms with van der Waals surface area (Å²) in [6, 6.07) is -0.0916. The number of primary amides is 1. The molecule has 0 aromatic heterocycles. The van der Waals surface area contributed by atoms with Gasteiger partial charge < -0.3 is 5.73 Å². The Kier molecular flexibility index (Phi) is 5.11. The van der Waals surface area contributed by atoms with Crippen molar-refractivity contribution in [1.29, 1.82) is 0 Å². The number of hydrogen-bond acceptors (Lipinski definition) is 4. The van der Waals surface area contributed by atoms with E-state index in [0.29, 0.717) is 0 Å². The highest BCUT2D eigenvalue weighted by Gasteiger charge is 2.23. The van der Waals surface area contributed by atoms with Gasteiger partial charge in [-0.2, -0.15) is 0 Å². The molecule has 0 aromatic rings. The lowest BCUT2D eigenvalue weighted by Crippen LogP contribution is -2.46. The van der Waals surface area contributed by atoms with Crippen molar-refractivity contribution in [3.63, 3.8) is 0 Å². The van der Waals surface area contributed by atoms with Gasteiger partial charge in [0.1, 0.15) is 0 Å². The van der Waals surface area contributed by atoms with Gasteiger partial charge in [0.05, 0.1) is 12.5 Å². The third kappa shape index (κ3) is 3.71. The quantitative estimate of drug-likeness (QED) is 0.284. The molecule has 6 heteroatoms. The second-order valence-corrected chi connectivity index (χ2v) is 3.42. The van der Waals surface area contributed by atoms with Crippen LogP contribution in [0.25, 0.3) is 0 Å². The highest BCUT2D eigenvalue weighted by Crippen LogP contribution is 2.08. The molecule has 14 heavy (non-hydrogen) atoms. The maximum Gasteiger partial charge on any atom is 0.238 e. The summed E-state index contributed by atoms with van der Waals surface area (Å²) in [5.74, 6) is 4.04. The predicted octanol–water partition coefficient (Wildman–Crippen LogP) is -1.58. The van der Waals surface area contributed by atoms with Crippen molar-refractivity contribution in [1.82, 2.24) is 10.3 Å². The Morgan fingerprint density at radius 1 is 1.43 bits per heavy atom. The molecular formula is C8H18N4O2. The molecule has 82 valence electrons. The van der Waals surface area contributed by atoms with Gasteiger partial charge in [0, 0.05) is 6.04 Å². The van der Waals surface area contributed by atoms with Crippen LogP contribution in [-0.4, -0.2) is 36.3 Å². The Morgan fingerprint density at radius 3 is 2.29 bits per heavy atom. The Bertz CT molecular complexity index is 219. The van der Waals surface area contributed by atoms with Gasteiger partial charge in [0.25, 0.3) is 0 Å². The number of rotatable bonds is 5. The first-order valence-corrected chi connectivity index (χ1v) is 4.39. The number of carbonyl (C=O) groups is 2. The number of nitrogens with one attached hydrogen (secondary N) is 1. The van der Waals surface area contributed by atoms with E-state index in [2.05, 4.69) is 5.43 Å². The molecule has 0 radical (unpaired) electrons. The van der Waals surface area contributed by atoms with Crippen LogP contribution >= 0.6 is 0 Å². The number of nitrogens with zero attached hydrogens (tertiary/aromatic N) is 1. The Hall–Kier alpha value is -1.14. The molecule has 0 aliphatic heterocycles. The molecule has 0 saturated heterocycles. The molecule has 0 spiro atoms. The van der Waals surface area contributed by atoms with Gasteiger partial charge in [0.2, 0.25) is 11.8 Å². The largest absolute Gasteiger partial charge is 0.369 e. The number of hydrazine groups is 1. The SMILES string of the molecule is CC(C(=O)NN)C(C)N(C)CC(N)=O. The average Bonchev–Trinajstić information content (AvgIpc) is 2.13. The molecule has 0 fully saturated rings. The summed E-state index contributed by atoms with van der Waals surface area (Å²) in [5, 5.41) is 0. The first kappa shape index (κ1) is 12.9. The van der Waals surface area contributed by atoms with E-state index < -0.39 is 5.91 Å². The van der Waals surface area contributed by atoms with Crippen molar-refractivity contribution >= 4 is 11.8 Å². The van der Waals surface area contributed by atoms with E-state index in [1.165, 1.54) is 0 Å². The van der Waals surface area contributed by atoms with E-state index in [1.54, 1.807) is 18.9 Å². The molecular weight excluding hydrogens is 184 g/mol. The fourth-order valence-electron chi connectivity index (χ4n) is 1.12. The summed E-state index contributed by atoms with van der Waals surface area (Å²) in [6.07, 6.45) is 0. The van der Waals surface area contributed by atoms with Crippen molar-refractivity contribution in [3.05, 3.63) is 0 Å². The molecule has 2 amide bonds. The summed E-state index contributed by atoms with van der Waals surface area (Å²) < 4.78 is 0. The number of likely N-dealkylation sites (N-methyl/N-ethyl adjacent to an activating group) is 1. The second kappa shape index (κ2) is 5.56. The highest BCUT2D eigenvalue weighted by molar-refractivity contribution is 5.79. The number of carbonyl (C=O) groups excluding carboxylic acids is 2. The van der Waals surface area contributed by atoms with Crippen molar-refractivity contribution in [3.8, 4) is 0 Å². The van der Waals surface area contributed by atoms with Crippen molar-refractivity contribution < 1.29 is 9.59 Å². The maximum atomic E-state index is 11.2. The molecule has 0 rings (SSSR count). The third-order valence-corrected chi connectivity index (χ3v) is 2.38. The normalized spacial score (nSPS) is 14.9. The fourth-order valence-corrected chi connectivity index (χ4v) is 1.12. The van der Waals surface area contributed by atoms with Gasteiger partial charge in [-0.25, -0.2) is 5.84 Å². The fraction of sp³-hybridized carbons (Fsp3) is 0.750. The van der Waals surface area contributed by atoms with E-state index in [4.69, 9.17) is 11.6 Å². The lowest BCUT2D eigenvalue weighted by Gasteiger charge is -2.27. The van der Waals surface area contributed by atoms with Crippen LogP contribution in [0.5, 0.6) is 0 Å². The molecule has 0 aliphatic carbocycles. The van der Waals surface area contributed by atoms with Crippen LogP contribution in [0.1, 0.15) is 13.8 Å². The molecule has 6 nitrogen and oxygen atoms in total. The van der Waals surface area contributed by atoms with Crippen molar-refractivity contribution in [2.24, 2.45) is 17.5 Å². The molecule has 2 unspecified atom stereocenters. The minimum atomic E-state index is -0.417. The van der Waals surface area contributed by atoms with Gasteiger partial charge in [-0.05, 0) is 14.0 Å². The molecule has 0 bridgehead atoms. The van der Waals surface area contributed by atoms with Gasteiger partial charge in [0.15, 0.2) is 0 Å². The van der Waals surface area contributed by atoms with E-state index in [9.17, 15) is 9.59 Å². The molecule has 5 N–H and O–H groups in total. The summed E-state index contributed by atoms with van der Waals surface area (Å²) in [4.78, 5) is 23.5. The van der Waals surface area contributed by atoms with E-state index >= 15 is 0 Å². The van der Waals surface area contributed by atoms with E-state index in [1.807, 2.05) is 6.92 Å². The van der Waals surface area contributed by atoms with E-state index in [-0.39, 0.29) is 24.4 Å². The van der Waals surface area contributed by atoms with Crippen LogP contribution in [0.15, 0.2) is 0 Å². The van der Waals surface area contributed by atoms with Gasteiger partial charge in [-0.3, -0.25) is 19.9 Å². The van der Waals surface area contributed by atoms with Gasteiger partial charge >= 0.3 is 0 Å². The van der Waals surface area contributed by atoms with Gasteiger partial charge in [-0.1, -0.05) is 6.92 Å². The summed E-state index contributed by atoms with van der Waals surface area (Å²) in [5.41, 5.74) is 7.11. The minimum absolute atomic E-state index is 0.0916. The van der Waals surface area contributed by atoms with Crippen LogP contribution in [0, 0.1) is 5.92 Å². The Labute approximate surface area is 83.6 Å². The topological polar surface area (TPSA) is 101 Å². The lowest BCUT2D eigenvalue weighted by atomic mass is 10.0. The van der Waals surface area contributed by atoms with Crippen LogP contribution in [0.3, 0.4) is 0 Å². The minimum Gasteiger partial charge on any atom is -0.369 e. The summed E-state index contributed by atoms with van der Waals surface area (Å²) >= 11 is 0. The average molecular weight is 202 g/mol. The number of nitrogens with two attached hydrogens (primary N) is 2. The van der Waals surface area contributed by atoms with Crippen LogP contribution < -0.4 is 17.0 Å². The van der Waals surface area contributed by atoms with Crippen LogP contribution in [0.2, 0.25) is 0 Å². The van der Waals surface area contributed by atoms with Crippen LogP contribution in [-0.2, 0) is 9.59 Å². The van der Waals surface area contributed by atoms with Crippen molar-refractivity contribution in [2.75, 3.05) is 13.6 Å². The molecule has 0 heterocycles. The molecule has 2 atom stereocenters. The zero-order chi connectivity index (χ0) is 11.3. The third-order valence-electron chi connectivity index (χ3n) is 2.38. The smallest absolute Gasteiger partial charge is 0.238 e. The first-order chi connectivity index (χ1) is 6.40. The second-order valence-electron chi connectivity index (χ2n) is 3.42. The monoisotopic (exact) mass is 202 g/mol. The number of amides is 2. The molecule has 0 aliphatic rings. The standard InChI is InChI=1S/C8H18N4O2/c1-5(8(14)11-10)6(2)12(3)4-7(9)13/h5-6H,4,10H2,1-3H3,(H2,9,13)(H,11,14). The zero-order valence-electron chi connectivity index (χ0n) is 8.78. The summed E-state index contributed by atoms with van der Waals surface area (Å²) in [6.45, 7) is 3.70. The maximum absolute atomic E-state index is 11.2. The highest BCUT2D eigenvalue weighted by atomic mass is 16.2. The Balaban J connectivity index is 4.22.